The molecule has 0 spiro atoms. The SMILES string of the molecule is COc1ccc(CN2CCN(c3ccc(S(=O)(=O)Nc4ccncn4)cc3)CC2)c2ccccc12.[HH]. The zero-order valence-electron chi connectivity index (χ0n) is 19.5. The van der Waals surface area contributed by atoms with Crippen molar-refractivity contribution in [3.63, 3.8) is 0 Å². The summed E-state index contributed by atoms with van der Waals surface area (Å²) >= 11 is 0. The lowest BCUT2D eigenvalue weighted by atomic mass is 10.0. The third kappa shape index (κ3) is 5.06. The summed E-state index contributed by atoms with van der Waals surface area (Å²) in [5, 5.41) is 2.36. The third-order valence-corrected chi connectivity index (χ3v) is 7.66. The summed E-state index contributed by atoms with van der Waals surface area (Å²) < 4.78 is 33.3. The average Bonchev–Trinajstić information content (AvgIpc) is 2.90. The smallest absolute Gasteiger partial charge is 0.263 e. The van der Waals surface area contributed by atoms with E-state index in [9.17, 15) is 8.42 Å². The fourth-order valence-electron chi connectivity index (χ4n) is 4.44. The number of rotatable bonds is 7. The van der Waals surface area contributed by atoms with Gasteiger partial charge in [-0.2, -0.15) is 0 Å². The van der Waals surface area contributed by atoms with E-state index in [0.717, 1.165) is 49.5 Å². The maximum atomic E-state index is 12.6. The number of nitrogens with zero attached hydrogens (tertiary/aromatic N) is 4. The molecule has 2 heterocycles. The number of hydrogen-bond donors (Lipinski definition) is 1. The van der Waals surface area contributed by atoms with Crippen LogP contribution in [0.25, 0.3) is 10.8 Å². The molecule has 1 fully saturated rings. The molecule has 1 aromatic heterocycles. The summed E-state index contributed by atoms with van der Waals surface area (Å²) in [4.78, 5) is 12.7. The molecule has 0 amide bonds. The first-order valence-electron chi connectivity index (χ1n) is 11.4. The highest BCUT2D eigenvalue weighted by atomic mass is 32.2. The Morgan fingerprint density at radius 3 is 2.37 bits per heavy atom. The minimum Gasteiger partial charge on any atom is -0.496 e. The molecule has 1 aliphatic rings. The van der Waals surface area contributed by atoms with Crippen molar-refractivity contribution >= 4 is 32.3 Å². The Balaban J connectivity index is 0.00000304. The monoisotopic (exact) mass is 491 g/mol. The molecular formula is C26H29N5O3S. The largest absolute Gasteiger partial charge is 0.496 e. The molecule has 0 atom stereocenters. The molecule has 0 bridgehead atoms. The summed E-state index contributed by atoms with van der Waals surface area (Å²) in [5.41, 5.74) is 2.31. The summed E-state index contributed by atoms with van der Waals surface area (Å²) in [6.07, 6.45) is 2.79. The van der Waals surface area contributed by atoms with Crippen LogP contribution in [-0.4, -0.2) is 56.6 Å². The number of benzene rings is 3. The van der Waals surface area contributed by atoms with E-state index < -0.39 is 10.0 Å². The predicted molar refractivity (Wildman–Crippen MR) is 139 cm³/mol. The van der Waals surface area contributed by atoms with Gasteiger partial charge in [-0.1, -0.05) is 30.3 Å². The first-order valence-corrected chi connectivity index (χ1v) is 12.9. The molecule has 182 valence electrons. The topological polar surface area (TPSA) is 87.7 Å². The minimum absolute atomic E-state index is 0. The van der Waals surface area contributed by atoms with Gasteiger partial charge >= 0.3 is 0 Å². The number of fused-ring (bicyclic) bond motifs is 1. The van der Waals surface area contributed by atoms with Gasteiger partial charge in [-0.25, -0.2) is 18.4 Å². The van der Waals surface area contributed by atoms with Gasteiger partial charge in [0.1, 0.15) is 17.9 Å². The number of aromatic nitrogens is 2. The van der Waals surface area contributed by atoms with Crippen molar-refractivity contribution < 1.29 is 14.6 Å². The van der Waals surface area contributed by atoms with Crippen molar-refractivity contribution in [3.05, 3.63) is 84.8 Å². The van der Waals surface area contributed by atoms with Gasteiger partial charge in [0.05, 0.1) is 12.0 Å². The standard InChI is InChI=1S/C26H27N5O3S.H2/c1-34-25-11-6-20(23-4-2-3-5-24(23)25)18-30-14-16-31(17-15-30)21-7-9-22(10-8-21)35(32,33)29-26-12-13-27-19-28-26;/h2-13,19H,14-18H2,1H3,(H,27,28,29);1H. The summed E-state index contributed by atoms with van der Waals surface area (Å²) in [5.74, 6) is 1.14. The highest BCUT2D eigenvalue weighted by Crippen LogP contribution is 2.29. The second-order valence-electron chi connectivity index (χ2n) is 8.43. The molecule has 3 aromatic carbocycles. The van der Waals surface area contributed by atoms with Crippen molar-refractivity contribution in [2.45, 2.75) is 11.4 Å². The first kappa shape index (κ1) is 23.1. The number of hydrogen-bond acceptors (Lipinski definition) is 7. The second kappa shape index (κ2) is 9.89. The Hall–Kier alpha value is -3.69. The molecule has 9 heteroatoms. The summed E-state index contributed by atoms with van der Waals surface area (Å²) in [6, 6.07) is 21.1. The van der Waals surface area contributed by atoms with E-state index in [1.54, 1.807) is 19.2 Å². The Morgan fingerprint density at radius 2 is 1.69 bits per heavy atom. The molecule has 0 unspecified atom stereocenters. The maximum absolute atomic E-state index is 12.6. The molecule has 1 N–H and O–H groups in total. The molecule has 0 radical (unpaired) electrons. The van der Waals surface area contributed by atoms with Crippen molar-refractivity contribution in [2.24, 2.45) is 0 Å². The summed E-state index contributed by atoms with van der Waals surface area (Å²) in [6.45, 7) is 4.48. The van der Waals surface area contributed by atoms with Crippen molar-refractivity contribution in [3.8, 4) is 5.75 Å². The maximum Gasteiger partial charge on any atom is 0.263 e. The Morgan fingerprint density at radius 1 is 0.943 bits per heavy atom. The number of anilines is 2. The van der Waals surface area contributed by atoms with Crippen molar-refractivity contribution in [1.29, 1.82) is 0 Å². The number of ether oxygens (including phenoxy) is 1. The molecule has 8 nitrogen and oxygen atoms in total. The molecule has 1 saturated heterocycles. The minimum atomic E-state index is -3.70. The quantitative estimate of drug-likeness (QED) is 0.418. The van der Waals surface area contributed by atoms with Gasteiger partial charge in [-0.3, -0.25) is 9.62 Å². The fourth-order valence-corrected chi connectivity index (χ4v) is 5.45. The Labute approximate surface area is 206 Å². The van der Waals surface area contributed by atoms with Gasteiger partial charge in [-0.15, -0.1) is 0 Å². The van der Waals surface area contributed by atoms with Gasteiger partial charge in [0.2, 0.25) is 0 Å². The van der Waals surface area contributed by atoms with Gasteiger partial charge in [0.25, 0.3) is 10.0 Å². The Bertz CT molecular complexity index is 1410. The molecule has 35 heavy (non-hydrogen) atoms. The zero-order valence-corrected chi connectivity index (χ0v) is 20.3. The van der Waals surface area contributed by atoms with Crippen LogP contribution in [0.15, 0.2) is 84.1 Å². The molecular weight excluding hydrogens is 462 g/mol. The fraction of sp³-hybridized carbons (Fsp3) is 0.231. The van der Waals surface area contributed by atoms with E-state index in [0.29, 0.717) is 0 Å². The van der Waals surface area contributed by atoms with E-state index in [2.05, 4.69) is 48.8 Å². The van der Waals surface area contributed by atoms with Crippen LogP contribution >= 0.6 is 0 Å². The summed E-state index contributed by atoms with van der Waals surface area (Å²) in [7, 11) is -2.00. The van der Waals surface area contributed by atoms with Crippen molar-refractivity contribution in [2.75, 3.05) is 42.9 Å². The van der Waals surface area contributed by atoms with Gasteiger partial charge in [0, 0.05) is 51.4 Å². The van der Waals surface area contributed by atoms with Crippen LogP contribution in [0.5, 0.6) is 5.75 Å². The van der Waals surface area contributed by atoms with E-state index in [-0.39, 0.29) is 12.1 Å². The third-order valence-electron chi connectivity index (χ3n) is 6.29. The lowest BCUT2D eigenvalue weighted by Gasteiger charge is -2.36. The van der Waals surface area contributed by atoms with E-state index in [4.69, 9.17) is 4.74 Å². The average molecular weight is 492 g/mol. The van der Waals surface area contributed by atoms with Crippen LogP contribution in [0.2, 0.25) is 0 Å². The van der Waals surface area contributed by atoms with Crippen LogP contribution < -0.4 is 14.4 Å². The van der Waals surface area contributed by atoms with E-state index in [1.807, 2.05) is 24.3 Å². The van der Waals surface area contributed by atoms with Crippen LogP contribution in [0.1, 0.15) is 6.99 Å². The molecule has 0 aliphatic carbocycles. The normalized spacial score (nSPS) is 14.7. The van der Waals surface area contributed by atoms with Gasteiger partial charge in [0.15, 0.2) is 0 Å². The van der Waals surface area contributed by atoms with Crippen LogP contribution in [0.3, 0.4) is 0 Å². The highest BCUT2D eigenvalue weighted by Gasteiger charge is 2.20. The van der Waals surface area contributed by atoms with Crippen molar-refractivity contribution in [1.82, 2.24) is 14.9 Å². The van der Waals surface area contributed by atoms with E-state index >= 15 is 0 Å². The predicted octanol–water partition coefficient (Wildman–Crippen LogP) is 4.01. The van der Waals surface area contributed by atoms with Crippen LogP contribution in [0, 0.1) is 0 Å². The lowest BCUT2D eigenvalue weighted by Crippen LogP contribution is -2.46. The van der Waals surface area contributed by atoms with Gasteiger partial charge in [-0.05, 0) is 47.3 Å². The number of sulfonamides is 1. The van der Waals surface area contributed by atoms with Gasteiger partial charge < -0.3 is 9.64 Å². The lowest BCUT2D eigenvalue weighted by molar-refractivity contribution is 0.250. The second-order valence-corrected chi connectivity index (χ2v) is 10.1. The number of methoxy groups -OCH3 is 1. The molecule has 5 rings (SSSR count). The molecule has 4 aromatic rings. The Kier molecular flexibility index (Phi) is 6.52. The number of nitrogens with one attached hydrogen (secondary N) is 1. The highest BCUT2D eigenvalue weighted by molar-refractivity contribution is 7.92. The zero-order chi connectivity index (χ0) is 24.3. The van der Waals surface area contributed by atoms with E-state index in [1.165, 1.54) is 29.5 Å². The van der Waals surface area contributed by atoms with Crippen LogP contribution in [-0.2, 0) is 16.6 Å². The molecule has 1 aliphatic heterocycles. The molecule has 0 saturated carbocycles. The first-order chi connectivity index (χ1) is 17.0. The van der Waals surface area contributed by atoms with Crippen LogP contribution in [0.4, 0.5) is 11.5 Å². The number of piperazine rings is 1.